The summed E-state index contributed by atoms with van der Waals surface area (Å²) in [6.45, 7) is 0. The summed E-state index contributed by atoms with van der Waals surface area (Å²) in [4.78, 5) is 0. The Morgan fingerprint density at radius 1 is 0.514 bits per heavy atom. The van der Waals surface area contributed by atoms with Crippen LogP contribution in [-0.4, -0.2) is 30.6 Å². The second-order valence-corrected chi connectivity index (χ2v) is 9.13. The standard InChI is InChI=1S/C28H22O7/c29-15-3-1-13(2-4-15)28-27-21-10-19(33)11-22(34)25(21)24(14-7-17(31)9-18(32)8-14)26(27)20-6-5-16(30)12-23(20)35-28/h1-12,24,26-34H/t24-,26+,27+,28-/m0/s1. The van der Waals surface area contributed by atoms with Crippen molar-refractivity contribution in [1.82, 2.24) is 0 Å². The Morgan fingerprint density at radius 3 is 1.89 bits per heavy atom. The minimum absolute atomic E-state index is 0.0363. The van der Waals surface area contributed by atoms with Gasteiger partial charge >= 0.3 is 0 Å². The average Bonchev–Trinajstić information content (AvgIpc) is 3.14. The molecule has 0 radical (unpaired) electrons. The first-order valence-electron chi connectivity index (χ1n) is 11.2. The van der Waals surface area contributed by atoms with Crippen molar-refractivity contribution < 1.29 is 35.4 Å². The van der Waals surface area contributed by atoms with E-state index in [0.717, 1.165) is 11.1 Å². The third-order valence-electron chi connectivity index (χ3n) is 7.03. The number of aromatic hydroxyl groups is 6. The first-order valence-corrected chi connectivity index (χ1v) is 11.2. The molecule has 6 rings (SSSR count). The Bertz CT molecular complexity index is 1440. The molecule has 1 aliphatic heterocycles. The van der Waals surface area contributed by atoms with E-state index in [1.807, 2.05) is 0 Å². The first-order chi connectivity index (χ1) is 16.8. The second kappa shape index (κ2) is 7.50. The van der Waals surface area contributed by atoms with E-state index in [1.54, 1.807) is 54.6 Å². The summed E-state index contributed by atoms with van der Waals surface area (Å²) in [5, 5.41) is 61.9. The van der Waals surface area contributed by atoms with Crippen LogP contribution in [-0.2, 0) is 0 Å². The minimum Gasteiger partial charge on any atom is -0.508 e. The van der Waals surface area contributed by atoms with E-state index in [-0.39, 0.29) is 46.3 Å². The van der Waals surface area contributed by atoms with Gasteiger partial charge in [0.1, 0.15) is 46.4 Å². The van der Waals surface area contributed by atoms with Gasteiger partial charge in [-0.2, -0.15) is 0 Å². The molecule has 0 fully saturated rings. The number of ether oxygens (including phenoxy) is 1. The maximum Gasteiger partial charge on any atom is 0.131 e. The van der Waals surface area contributed by atoms with Crippen LogP contribution in [0.25, 0.3) is 0 Å². The van der Waals surface area contributed by atoms with Gasteiger partial charge in [-0.1, -0.05) is 18.2 Å². The molecular weight excluding hydrogens is 448 g/mol. The van der Waals surface area contributed by atoms with Crippen molar-refractivity contribution in [1.29, 1.82) is 0 Å². The second-order valence-electron chi connectivity index (χ2n) is 9.13. The Morgan fingerprint density at radius 2 is 1.17 bits per heavy atom. The van der Waals surface area contributed by atoms with E-state index in [4.69, 9.17) is 4.74 Å². The zero-order valence-electron chi connectivity index (χ0n) is 18.3. The summed E-state index contributed by atoms with van der Waals surface area (Å²) in [5.74, 6) is -1.03. The lowest BCUT2D eigenvalue weighted by atomic mass is 9.73. The molecule has 7 nitrogen and oxygen atoms in total. The Balaban J connectivity index is 1.66. The fourth-order valence-corrected chi connectivity index (χ4v) is 5.79. The van der Waals surface area contributed by atoms with Crippen LogP contribution >= 0.6 is 0 Å². The molecule has 0 unspecified atom stereocenters. The number of benzene rings is 4. The number of hydrogen-bond acceptors (Lipinski definition) is 7. The predicted octanol–water partition coefficient (Wildman–Crippen LogP) is 5.07. The minimum atomic E-state index is -0.578. The number of hydrogen-bond donors (Lipinski definition) is 6. The largest absolute Gasteiger partial charge is 0.508 e. The summed E-state index contributed by atoms with van der Waals surface area (Å²) in [7, 11) is 0. The monoisotopic (exact) mass is 470 g/mol. The van der Waals surface area contributed by atoms with Gasteiger partial charge < -0.3 is 35.4 Å². The van der Waals surface area contributed by atoms with Crippen LogP contribution in [0.3, 0.4) is 0 Å². The summed E-state index contributed by atoms with van der Waals surface area (Å²) >= 11 is 0. The molecule has 1 heterocycles. The van der Waals surface area contributed by atoms with Gasteiger partial charge in [-0.3, -0.25) is 0 Å². The Kier molecular flexibility index (Phi) is 4.51. The third-order valence-corrected chi connectivity index (χ3v) is 7.03. The van der Waals surface area contributed by atoms with Gasteiger partial charge in [0, 0.05) is 41.5 Å². The molecule has 35 heavy (non-hydrogen) atoms. The third kappa shape index (κ3) is 3.27. The van der Waals surface area contributed by atoms with Gasteiger partial charge in [-0.05, 0) is 58.7 Å². The fraction of sp³-hybridized carbons (Fsp3) is 0.143. The van der Waals surface area contributed by atoms with Gasteiger partial charge in [0.15, 0.2) is 0 Å². The van der Waals surface area contributed by atoms with E-state index in [1.165, 1.54) is 18.2 Å². The van der Waals surface area contributed by atoms with E-state index >= 15 is 0 Å². The summed E-state index contributed by atoms with van der Waals surface area (Å²) in [5.41, 5.74) is 3.38. The van der Waals surface area contributed by atoms with Crippen molar-refractivity contribution in [3.63, 3.8) is 0 Å². The molecule has 1 aliphatic carbocycles. The maximum absolute atomic E-state index is 11.0. The highest BCUT2D eigenvalue weighted by Crippen LogP contribution is 2.65. The molecule has 4 aromatic rings. The van der Waals surface area contributed by atoms with Crippen LogP contribution in [0.1, 0.15) is 51.7 Å². The van der Waals surface area contributed by atoms with Crippen LogP contribution in [0.2, 0.25) is 0 Å². The molecular formula is C28H22O7. The zero-order chi connectivity index (χ0) is 24.4. The lowest BCUT2D eigenvalue weighted by Gasteiger charge is -2.39. The molecule has 0 aromatic heterocycles. The lowest BCUT2D eigenvalue weighted by Crippen LogP contribution is -2.27. The molecule has 7 heteroatoms. The van der Waals surface area contributed by atoms with Crippen LogP contribution in [0, 0.1) is 0 Å². The summed E-state index contributed by atoms with van der Waals surface area (Å²) < 4.78 is 6.42. The van der Waals surface area contributed by atoms with Crippen LogP contribution < -0.4 is 4.74 Å². The molecule has 176 valence electrons. The van der Waals surface area contributed by atoms with Gasteiger partial charge in [0.25, 0.3) is 0 Å². The van der Waals surface area contributed by atoms with E-state index in [9.17, 15) is 30.6 Å². The van der Waals surface area contributed by atoms with Crippen LogP contribution in [0.15, 0.2) is 72.8 Å². The fourth-order valence-electron chi connectivity index (χ4n) is 5.79. The highest BCUT2D eigenvalue weighted by atomic mass is 16.5. The van der Waals surface area contributed by atoms with Gasteiger partial charge in [-0.15, -0.1) is 0 Å². The topological polar surface area (TPSA) is 131 Å². The highest BCUT2D eigenvalue weighted by molar-refractivity contribution is 5.63. The summed E-state index contributed by atoms with van der Waals surface area (Å²) in [6.07, 6.45) is -0.578. The van der Waals surface area contributed by atoms with Crippen molar-refractivity contribution in [2.24, 2.45) is 0 Å². The van der Waals surface area contributed by atoms with Crippen LogP contribution in [0.4, 0.5) is 0 Å². The molecule has 0 amide bonds. The Labute approximate surface area is 200 Å². The van der Waals surface area contributed by atoms with Crippen molar-refractivity contribution in [2.75, 3.05) is 0 Å². The van der Waals surface area contributed by atoms with Crippen molar-refractivity contribution in [3.8, 4) is 40.2 Å². The van der Waals surface area contributed by atoms with Crippen molar-refractivity contribution in [2.45, 2.75) is 23.9 Å². The number of fused-ring (bicyclic) bond motifs is 5. The van der Waals surface area contributed by atoms with Crippen LogP contribution in [0.5, 0.6) is 40.2 Å². The molecule has 6 N–H and O–H groups in total. The number of phenolic OH excluding ortho intramolecular Hbond substituents is 6. The lowest BCUT2D eigenvalue weighted by molar-refractivity contribution is 0.135. The van der Waals surface area contributed by atoms with Gasteiger partial charge in [0.05, 0.1) is 0 Å². The number of phenols is 6. The summed E-state index contributed by atoms with van der Waals surface area (Å²) in [6, 6.07) is 18.7. The van der Waals surface area contributed by atoms with Gasteiger partial charge in [-0.25, -0.2) is 0 Å². The normalized spacial score (nSPS) is 22.1. The zero-order valence-corrected chi connectivity index (χ0v) is 18.3. The Hall–Kier alpha value is -4.52. The molecule has 4 atom stereocenters. The molecule has 0 bridgehead atoms. The smallest absolute Gasteiger partial charge is 0.131 e. The number of rotatable bonds is 2. The SMILES string of the molecule is Oc1ccc([C@@H]2Oc3cc(O)ccc3[C@@H]3[C@@H](c4cc(O)cc(O)c4)c4c(O)cc(O)cc4[C@H]32)cc1. The highest BCUT2D eigenvalue weighted by Gasteiger charge is 2.52. The quantitative estimate of drug-likeness (QED) is 0.241. The maximum atomic E-state index is 11.0. The average molecular weight is 470 g/mol. The molecule has 0 saturated heterocycles. The molecule has 0 saturated carbocycles. The van der Waals surface area contributed by atoms with Gasteiger partial charge in [0.2, 0.25) is 0 Å². The van der Waals surface area contributed by atoms with Crippen molar-refractivity contribution in [3.05, 3.63) is 101 Å². The first kappa shape index (κ1) is 21.0. The van der Waals surface area contributed by atoms with E-state index < -0.39 is 12.0 Å². The van der Waals surface area contributed by atoms with E-state index in [0.29, 0.717) is 22.4 Å². The van der Waals surface area contributed by atoms with E-state index in [2.05, 4.69) is 0 Å². The molecule has 4 aromatic carbocycles. The van der Waals surface area contributed by atoms with Crippen molar-refractivity contribution >= 4 is 0 Å². The molecule has 0 spiro atoms. The predicted molar refractivity (Wildman–Crippen MR) is 126 cm³/mol. The molecule has 2 aliphatic rings.